The second-order valence-corrected chi connectivity index (χ2v) is 6.78. The van der Waals surface area contributed by atoms with Gasteiger partial charge in [-0.1, -0.05) is 40.5 Å². The molecule has 0 aromatic rings. The Bertz CT molecular complexity index is 526. The van der Waals surface area contributed by atoms with E-state index in [-0.39, 0.29) is 18.4 Å². The molecule has 4 N–H and O–H groups in total. The number of rotatable bonds is 13. The summed E-state index contributed by atoms with van der Waals surface area (Å²) in [4.78, 5) is 47.7. The van der Waals surface area contributed by atoms with Crippen molar-refractivity contribution in [1.82, 2.24) is 0 Å². The summed E-state index contributed by atoms with van der Waals surface area (Å²) in [6, 6.07) is -1.93. The molecule has 6 unspecified atom stereocenters. The Hall–Kier alpha value is -2.00. The Labute approximate surface area is 166 Å². The second-order valence-electron chi connectivity index (χ2n) is 6.78. The van der Waals surface area contributed by atoms with E-state index in [0.29, 0.717) is 12.8 Å². The molecule has 0 saturated heterocycles. The monoisotopic (exact) mass is 401 g/mol. The third-order valence-corrected chi connectivity index (χ3v) is 4.70. The number of nitrogens with two attached hydrogens (primary N) is 2. The lowest BCUT2D eigenvalue weighted by Gasteiger charge is -2.26. The molecule has 0 amide bonds. The molecule has 0 spiro atoms. The molecule has 1 radical (unpaired) electrons. The standard InChI is InChI=1S/C19H33N2O7/c1-6-11(4)16(20)18(24)27-13(9-15(23)26-8-3)14(10-22)28-19(25)17(21)12(5)7-2/h11-14,16-17H,6-9,20-21H2,1-5H3. The van der Waals surface area contributed by atoms with Crippen LogP contribution in [0.4, 0.5) is 0 Å². The van der Waals surface area contributed by atoms with Gasteiger partial charge in [0.25, 0.3) is 0 Å². The van der Waals surface area contributed by atoms with Crippen LogP contribution >= 0.6 is 0 Å². The first kappa shape index (κ1) is 26.0. The van der Waals surface area contributed by atoms with E-state index in [1.54, 1.807) is 20.8 Å². The second kappa shape index (κ2) is 13.2. The summed E-state index contributed by atoms with van der Waals surface area (Å²) in [5.74, 6) is -2.76. The van der Waals surface area contributed by atoms with Crippen LogP contribution in [0.2, 0.25) is 0 Å². The average molecular weight is 401 g/mol. The van der Waals surface area contributed by atoms with Crippen molar-refractivity contribution in [2.24, 2.45) is 23.3 Å². The van der Waals surface area contributed by atoms with E-state index in [1.807, 2.05) is 13.8 Å². The molecule has 6 atom stereocenters. The van der Waals surface area contributed by atoms with Gasteiger partial charge in [-0.2, -0.15) is 0 Å². The first-order valence-electron chi connectivity index (χ1n) is 9.58. The summed E-state index contributed by atoms with van der Waals surface area (Å²) in [6.45, 7) is 8.93. The van der Waals surface area contributed by atoms with Gasteiger partial charge in [0.05, 0.1) is 13.0 Å². The fraction of sp³-hybridized carbons (Fsp3) is 0.789. The number of hydrogen-bond donors (Lipinski definition) is 2. The average Bonchev–Trinajstić information content (AvgIpc) is 2.68. The first-order valence-corrected chi connectivity index (χ1v) is 9.58. The zero-order valence-electron chi connectivity index (χ0n) is 17.3. The van der Waals surface area contributed by atoms with Gasteiger partial charge in [-0.15, -0.1) is 0 Å². The van der Waals surface area contributed by atoms with E-state index in [1.165, 1.54) is 6.29 Å². The zero-order chi connectivity index (χ0) is 21.9. The lowest BCUT2D eigenvalue weighted by Crippen LogP contribution is -2.47. The van der Waals surface area contributed by atoms with Crippen LogP contribution in [0.1, 0.15) is 53.9 Å². The van der Waals surface area contributed by atoms with E-state index >= 15 is 0 Å². The largest absolute Gasteiger partial charge is 0.466 e. The van der Waals surface area contributed by atoms with Gasteiger partial charge in [0.1, 0.15) is 12.1 Å². The minimum atomic E-state index is -1.62. The highest BCUT2D eigenvalue weighted by molar-refractivity contribution is 5.80. The fourth-order valence-corrected chi connectivity index (χ4v) is 2.17. The summed E-state index contributed by atoms with van der Waals surface area (Å²) in [6.07, 6.45) is -0.769. The Morgan fingerprint density at radius 1 is 0.893 bits per heavy atom. The van der Waals surface area contributed by atoms with E-state index in [2.05, 4.69) is 0 Å². The lowest BCUT2D eigenvalue weighted by atomic mass is 10.00. The van der Waals surface area contributed by atoms with Gasteiger partial charge in [0.2, 0.25) is 12.4 Å². The number of carbonyl (C=O) groups excluding carboxylic acids is 4. The van der Waals surface area contributed by atoms with Crippen LogP contribution in [-0.2, 0) is 33.4 Å². The minimum Gasteiger partial charge on any atom is -0.466 e. The summed E-state index contributed by atoms with van der Waals surface area (Å²) in [5, 5.41) is 0. The van der Waals surface area contributed by atoms with Crippen LogP contribution in [0.25, 0.3) is 0 Å². The van der Waals surface area contributed by atoms with Gasteiger partial charge in [-0.25, -0.2) is 0 Å². The van der Waals surface area contributed by atoms with Crippen molar-refractivity contribution in [3.05, 3.63) is 0 Å². The SMILES string of the molecule is CCOC(=O)CC(OC(=O)C(N)C(C)CC)C([C]=O)OC(=O)C(N)C(C)CC. The Balaban J connectivity index is 5.37. The van der Waals surface area contributed by atoms with Crippen LogP contribution in [0.15, 0.2) is 0 Å². The molecule has 0 aromatic heterocycles. The third kappa shape index (κ3) is 8.35. The van der Waals surface area contributed by atoms with Crippen molar-refractivity contribution in [2.75, 3.05) is 6.61 Å². The number of esters is 3. The van der Waals surface area contributed by atoms with Gasteiger partial charge < -0.3 is 25.7 Å². The maximum atomic E-state index is 12.3. The van der Waals surface area contributed by atoms with Crippen LogP contribution in [0, 0.1) is 11.8 Å². The smallest absolute Gasteiger partial charge is 0.324 e. The van der Waals surface area contributed by atoms with Crippen molar-refractivity contribution >= 4 is 24.2 Å². The van der Waals surface area contributed by atoms with E-state index < -0.39 is 48.6 Å². The summed E-state index contributed by atoms with van der Waals surface area (Å²) < 4.78 is 15.1. The number of ether oxygens (including phenoxy) is 3. The van der Waals surface area contributed by atoms with Gasteiger partial charge in [0.15, 0.2) is 6.10 Å². The summed E-state index contributed by atoms with van der Waals surface area (Å²) in [5.41, 5.74) is 11.6. The molecule has 161 valence electrons. The molecule has 0 fully saturated rings. The topological polar surface area (TPSA) is 148 Å². The van der Waals surface area contributed by atoms with E-state index in [0.717, 1.165) is 0 Å². The van der Waals surface area contributed by atoms with Gasteiger partial charge in [-0.05, 0) is 18.8 Å². The quantitative estimate of drug-likeness (QED) is 0.334. The van der Waals surface area contributed by atoms with Gasteiger partial charge >= 0.3 is 17.9 Å². The molecule has 0 aliphatic rings. The minimum absolute atomic E-state index is 0.0973. The van der Waals surface area contributed by atoms with Crippen molar-refractivity contribution in [3.63, 3.8) is 0 Å². The molecule has 0 bridgehead atoms. The highest BCUT2D eigenvalue weighted by atomic mass is 16.6. The predicted octanol–water partition coefficient (Wildman–Crippen LogP) is 0.620. The Morgan fingerprint density at radius 3 is 1.75 bits per heavy atom. The molecule has 0 saturated carbocycles. The molecule has 0 rings (SSSR count). The van der Waals surface area contributed by atoms with Crippen LogP contribution in [0.5, 0.6) is 0 Å². The highest BCUT2D eigenvalue weighted by Gasteiger charge is 2.35. The fourth-order valence-electron chi connectivity index (χ4n) is 2.17. The highest BCUT2D eigenvalue weighted by Crippen LogP contribution is 2.15. The van der Waals surface area contributed by atoms with E-state index in [9.17, 15) is 19.2 Å². The molecule has 9 heteroatoms. The van der Waals surface area contributed by atoms with Crippen molar-refractivity contribution in [3.8, 4) is 0 Å². The summed E-state index contributed by atoms with van der Waals surface area (Å²) in [7, 11) is 0. The zero-order valence-corrected chi connectivity index (χ0v) is 17.3. The predicted molar refractivity (Wildman–Crippen MR) is 102 cm³/mol. The van der Waals surface area contributed by atoms with Gasteiger partial charge in [0, 0.05) is 0 Å². The lowest BCUT2D eigenvalue weighted by molar-refractivity contribution is -0.170. The molecule has 0 aliphatic heterocycles. The molecule has 0 aliphatic carbocycles. The van der Waals surface area contributed by atoms with Crippen LogP contribution < -0.4 is 11.5 Å². The number of carbonyl (C=O) groups is 3. The van der Waals surface area contributed by atoms with Gasteiger partial charge in [-0.3, -0.25) is 19.2 Å². The van der Waals surface area contributed by atoms with Crippen LogP contribution in [0.3, 0.4) is 0 Å². The van der Waals surface area contributed by atoms with Crippen molar-refractivity contribution in [1.29, 1.82) is 0 Å². The Morgan fingerprint density at radius 2 is 1.36 bits per heavy atom. The molecule has 0 heterocycles. The molecule has 9 nitrogen and oxygen atoms in total. The summed E-state index contributed by atoms with van der Waals surface area (Å²) >= 11 is 0. The van der Waals surface area contributed by atoms with E-state index in [4.69, 9.17) is 25.7 Å². The molecular formula is C19H33N2O7. The Kier molecular flexibility index (Phi) is 12.3. The molecule has 0 aromatic carbocycles. The molecule has 28 heavy (non-hydrogen) atoms. The third-order valence-electron chi connectivity index (χ3n) is 4.70. The maximum absolute atomic E-state index is 12.3. The molecular weight excluding hydrogens is 368 g/mol. The first-order chi connectivity index (χ1) is 13.1. The normalized spacial score (nSPS) is 17.4. The van der Waals surface area contributed by atoms with Crippen LogP contribution in [-0.4, -0.2) is 55.1 Å². The maximum Gasteiger partial charge on any atom is 0.324 e. The van der Waals surface area contributed by atoms with Crippen molar-refractivity contribution < 1.29 is 33.4 Å². The van der Waals surface area contributed by atoms with Crippen molar-refractivity contribution in [2.45, 2.75) is 78.2 Å². The number of hydrogen-bond acceptors (Lipinski definition) is 9.